The van der Waals surface area contributed by atoms with Crippen LogP contribution in [-0.2, 0) is 30.4 Å². The molecule has 12 heteroatoms. The van der Waals surface area contributed by atoms with Crippen LogP contribution in [0, 0.1) is 17.8 Å². The fraction of sp³-hybridized carbons (Fsp3) is 0.355. The summed E-state index contributed by atoms with van der Waals surface area (Å²) in [5.74, 6) is -6.46. The highest BCUT2D eigenvalue weighted by molar-refractivity contribution is 6.28. The van der Waals surface area contributed by atoms with Crippen LogP contribution >= 0.6 is 0 Å². The molecule has 0 spiro atoms. The minimum Gasteiger partial charge on any atom is -0.510 e. The molecule has 43 heavy (non-hydrogen) atoms. The van der Waals surface area contributed by atoms with E-state index in [-0.39, 0.29) is 42.2 Å². The van der Waals surface area contributed by atoms with Crippen LogP contribution in [0.4, 0.5) is 5.69 Å². The average molecular weight is 591 g/mol. The second kappa shape index (κ2) is 11.3. The van der Waals surface area contributed by atoms with Gasteiger partial charge in [0.1, 0.15) is 29.4 Å². The summed E-state index contributed by atoms with van der Waals surface area (Å²) in [5, 5.41) is 37.4. The molecule has 2 aromatic rings. The first-order valence-electron chi connectivity index (χ1n) is 13.8. The van der Waals surface area contributed by atoms with Crippen molar-refractivity contribution in [3.8, 4) is 16.9 Å². The van der Waals surface area contributed by atoms with Crippen molar-refractivity contribution in [3.05, 3.63) is 64.4 Å². The number of benzene rings is 2. The maximum atomic E-state index is 13.9. The number of nitrogens with two attached hydrogens (primary N) is 1. The number of hydrogen-bond acceptors (Lipinski definition) is 10. The molecule has 2 amide bonds. The minimum absolute atomic E-state index is 0.0244. The van der Waals surface area contributed by atoms with Crippen molar-refractivity contribution in [2.75, 3.05) is 40.1 Å². The van der Waals surface area contributed by atoms with Gasteiger partial charge in [0.2, 0.25) is 5.91 Å². The van der Waals surface area contributed by atoms with Crippen LogP contribution in [-0.4, -0.2) is 89.5 Å². The topological polar surface area (TPSA) is 183 Å². The third kappa shape index (κ3) is 5.07. The molecule has 0 saturated heterocycles. The lowest BCUT2D eigenvalue weighted by molar-refractivity contribution is -0.138. The summed E-state index contributed by atoms with van der Waals surface area (Å²) in [5.41, 5.74) is 7.62. The number of phenolic OH excluding ortho intramolecular Hbond substituents is 1. The third-order valence-corrected chi connectivity index (χ3v) is 8.61. The van der Waals surface area contributed by atoms with E-state index in [2.05, 4.69) is 5.32 Å². The van der Waals surface area contributed by atoms with Gasteiger partial charge >= 0.3 is 0 Å². The number of rotatable bonds is 7. The standard InChI is InChI=1S/C31H34N4O8/c1-34(2)26-19-12-15-11-18-17(14-5-7-16(8-6-14)33-21(37)13-35(3)43-4)9-10-20(36)23(18)27(38)22(15)28(39)24(19)29(40)25(30(26)41)31(32)42/h5-10,15,19,24,26,36,38,41H,11-13H2,1-4H3,(H2,32,42)(H,33,37)/t15?,19?,24?,26-/m1/s1. The molecule has 0 aliphatic heterocycles. The van der Waals surface area contributed by atoms with E-state index < -0.39 is 58.4 Å². The van der Waals surface area contributed by atoms with Gasteiger partial charge in [-0.25, -0.2) is 0 Å². The molecule has 1 saturated carbocycles. The number of carbonyl (C=O) groups is 4. The largest absolute Gasteiger partial charge is 0.510 e. The fourth-order valence-corrected chi connectivity index (χ4v) is 6.74. The number of primary amides is 1. The summed E-state index contributed by atoms with van der Waals surface area (Å²) in [6.45, 7) is 0.0390. The predicted octanol–water partition coefficient (Wildman–Crippen LogP) is 1.95. The van der Waals surface area contributed by atoms with E-state index in [1.54, 1.807) is 56.4 Å². The SMILES string of the molecule is CON(C)CC(=O)Nc1ccc(-c2ccc(O)c3c2CC2CC4C(C(=O)C(C(N)=O)=C(O)[C@@H]4N(C)C)C(=O)C2=C3O)cc1. The molecular formula is C31H34N4O8. The van der Waals surface area contributed by atoms with Crippen molar-refractivity contribution >= 4 is 34.8 Å². The molecule has 3 aliphatic carbocycles. The van der Waals surface area contributed by atoms with Gasteiger partial charge < -0.3 is 31.2 Å². The lowest BCUT2D eigenvalue weighted by Gasteiger charge is -2.46. The highest BCUT2D eigenvalue weighted by atomic mass is 16.7. The maximum absolute atomic E-state index is 13.9. The van der Waals surface area contributed by atoms with Crippen LogP contribution in [0.1, 0.15) is 17.5 Å². The molecule has 6 N–H and O–H groups in total. The Hall–Kier alpha value is -4.52. The van der Waals surface area contributed by atoms with E-state index in [0.29, 0.717) is 16.8 Å². The number of likely N-dealkylation sites (N-methyl/N-ethyl adjacent to an activating group) is 2. The Labute approximate surface area is 248 Å². The Morgan fingerprint density at radius 2 is 1.70 bits per heavy atom. The van der Waals surface area contributed by atoms with E-state index >= 15 is 0 Å². The van der Waals surface area contributed by atoms with Crippen LogP contribution in [0.3, 0.4) is 0 Å². The molecule has 4 atom stereocenters. The number of Topliss-reactive ketones (excluding diaryl/α,β-unsaturated/α-hetero) is 2. The molecule has 12 nitrogen and oxygen atoms in total. The highest BCUT2D eigenvalue weighted by Crippen LogP contribution is 2.51. The van der Waals surface area contributed by atoms with Crippen molar-refractivity contribution < 1.29 is 39.3 Å². The van der Waals surface area contributed by atoms with Gasteiger partial charge in [-0.05, 0) is 73.7 Å². The van der Waals surface area contributed by atoms with Crippen molar-refractivity contribution in [1.29, 1.82) is 0 Å². The molecule has 0 aromatic heterocycles. The zero-order chi connectivity index (χ0) is 31.3. The smallest absolute Gasteiger partial charge is 0.255 e. The number of amides is 2. The third-order valence-electron chi connectivity index (χ3n) is 8.61. The zero-order valence-electron chi connectivity index (χ0n) is 24.2. The molecule has 1 fully saturated rings. The fourth-order valence-electron chi connectivity index (χ4n) is 6.74. The van der Waals surface area contributed by atoms with Crippen LogP contribution < -0.4 is 11.1 Å². The van der Waals surface area contributed by atoms with Crippen LogP contribution in [0.2, 0.25) is 0 Å². The number of aliphatic hydroxyl groups is 2. The maximum Gasteiger partial charge on any atom is 0.255 e. The van der Waals surface area contributed by atoms with E-state index in [4.69, 9.17) is 10.6 Å². The monoisotopic (exact) mass is 590 g/mol. The number of nitrogens with one attached hydrogen (secondary N) is 1. The Balaban J connectivity index is 1.53. The van der Waals surface area contributed by atoms with Crippen molar-refractivity contribution in [2.45, 2.75) is 18.9 Å². The van der Waals surface area contributed by atoms with Gasteiger partial charge in [-0.2, -0.15) is 5.06 Å². The van der Waals surface area contributed by atoms with Gasteiger partial charge in [0, 0.05) is 18.3 Å². The van der Waals surface area contributed by atoms with Gasteiger partial charge in [-0.1, -0.05) is 18.2 Å². The molecule has 0 bridgehead atoms. The highest BCUT2D eigenvalue weighted by Gasteiger charge is 2.55. The average Bonchev–Trinajstić information content (AvgIpc) is 2.92. The quantitative estimate of drug-likeness (QED) is 0.182. The summed E-state index contributed by atoms with van der Waals surface area (Å²) in [6, 6.07) is 9.42. The summed E-state index contributed by atoms with van der Waals surface area (Å²) in [4.78, 5) is 58.2. The van der Waals surface area contributed by atoms with Crippen LogP contribution in [0.15, 0.2) is 53.3 Å². The van der Waals surface area contributed by atoms with Gasteiger partial charge in [0.05, 0.1) is 24.6 Å². The molecule has 0 heterocycles. The van der Waals surface area contributed by atoms with Gasteiger partial charge in [0.15, 0.2) is 11.6 Å². The first-order chi connectivity index (χ1) is 20.3. The number of hydrogen-bond donors (Lipinski definition) is 5. The number of ketones is 2. The van der Waals surface area contributed by atoms with Crippen molar-refractivity contribution in [2.24, 2.45) is 23.5 Å². The number of allylic oxidation sites excluding steroid dienone is 1. The Bertz CT molecular complexity index is 1590. The van der Waals surface area contributed by atoms with Gasteiger partial charge in [0.25, 0.3) is 5.91 Å². The molecule has 3 aliphatic rings. The number of nitrogens with zero attached hydrogens (tertiary/aromatic N) is 2. The number of anilines is 1. The molecule has 3 unspecified atom stereocenters. The second-order valence-corrected chi connectivity index (χ2v) is 11.4. The van der Waals surface area contributed by atoms with Gasteiger partial charge in [-0.3, -0.25) is 24.1 Å². The lowest BCUT2D eigenvalue weighted by Crippen LogP contribution is -2.55. The summed E-state index contributed by atoms with van der Waals surface area (Å²) in [6.07, 6.45) is 0.534. The number of carbonyl (C=O) groups excluding carboxylic acids is 4. The molecule has 2 aromatic carbocycles. The first-order valence-corrected chi connectivity index (χ1v) is 13.8. The van der Waals surface area contributed by atoms with E-state index in [1.165, 1.54) is 18.2 Å². The van der Waals surface area contributed by atoms with E-state index in [9.17, 15) is 34.5 Å². The summed E-state index contributed by atoms with van der Waals surface area (Å²) < 4.78 is 0. The van der Waals surface area contributed by atoms with Crippen molar-refractivity contribution in [1.82, 2.24) is 9.96 Å². The Morgan fingerprint density at radius 3 is 2.30 bits per heavy atom. The van der Waals surface area contributed by atoms with Crippen LogP contribution in [0.25, 0.3) is 16.9 Å². The normalized spacial score (nSPS) is 23.3. The first kappa shape index (κ1) is 30.0. The lowest BCUT2D eigenvalue weighted by atomic mass is 9.59. The number of hydroxylamine groups is 2. The molecular weight excluding hydrogens is 556 g/mol. The summed E-state index contributed by atoms with van der Waals surface area (Å²) >= 11 is 0. The van der Waals surface area contributed by atoms with Crippen molar-refractivity contribution in [3.63, 3.8) is 0 Å². The number of phenols is 1. The molecule has 226 valence electrons. The molecule has 0 radical (unpaired) electrons. The van der Waals surface area contributed by atoms with Crippen LogP contribution in [0.5, 0.6) is 5.75 Å². The second-order valence-electron chi connectivity index (χ2n) is 11.4. The minimum atomic E-state index is -1.31. The number of aromatic hydroxyl groups is 1. The zero-order valence-corrected chi connectivity index (χ0v) is 24.2. The molecule has 5 rings (SSSR count). The van der Waals surface area contributed by atoms with E-state index in [0.717, 1.165) is 5.56 Å². The predicted molar refractivity (Wildman–Crippen MR) is 156 cm³/mol. The summed E-state index contributed by atoms with van der Waals surface area (Å²) in [7, 11) is 6.45. The number of aliphatic hydroxyl groups excluding tert-OH is 2. The Kier molecular flexibility index (Phi) is 7.86. The number of fused-ring (bicyclic) bond motifs is 3. The Morgan fingerprint density at radius 1 is 1.02 bits per heavy atom. The van der Waals surface area contributed by atoms with Gasteiger partial charge in [-0.15, -0.1) is 0 Å². The van der Waals surface area contributed by atoms with E-state index in [1.807, 2.05) is 0 Å².